The minimum absolute atomic E-state index is 0.174. The van der Waals surface area contributed by atoms with Gasteiger partial charge in [0, 0.05) is 17.5 Å². The Balaban J connectivity index is 1.95. The van der Waals surface area contributed by atoms with Crippen LogP contribution in [0.2, 0.25) is 4.34 Å². The van der Waals surface area contributed by atoms with Crippen LogP contribution in [0.15, 0.2) is 6.07 Å². The molecule has 0 saturated heterocycles. The zero-order valence-corrected chi connectivity index (χ0v) is 10.1. The molecule has 2 unspecified atom stereocenters. The Morgan fingerprint density at radius 1 is 1.81 bits per heavy atom. The first-order valence-corrected chi connectivity index (χ1v) is 6.26. The third-order valence-electron chi connectivity index (χ3n) is 2.73. The molecule has 0 aromatic carbocycles. The van der Waals surface area contributed by atoms with Gasteiger partial charge in [-0.25, -0.2) is 0 Å². The third kappa shape index (κ3) is 2.38. The molecule has 0 spiro atoms. The second-order valence-corrected chi connectivity index (χ2v) is 5.61. The average Bonchev–Trinajstić information content (AvgIpc) is 2.73. The Bertz CT molecular complexity index is 408. The summed E-state index contributed by atoms with van der Waals surface area (Å²) in [5.41, 5.74) is 6.16. The van der Waals surface area contributed by atoms with Crippen LogP contribution >= 0.6 is 22.9 Å². The van der Waals surface area contributed by atoms with Gasteiger partial charge in [-0.2, -0.15) is 0 Å². The quantitative estimate of drug-likeness (QED) is 0.750. The monoisotopic (exact) mass is 260 g/mol. The van der Waals surface area contributed by atoms with E-state index in [1.165, 1.54) is 10.4 Å². The minimum atomic E-state index is -1.13. The molecule has 1 aromatic heterocycles. The average molecular weight is 261 g/mol. The molecule has 1 aromatic rings. The SMILES string of the molecule is NC(=O)C(O)CNC1CCc2sc(Cl)cc21. The van der Waals surface area contributed by atoms with Gasteiger partial charge in [0.1, 0.15) is 6.10 Å². The maximum absolute atomic E-state index is 10.7. The zero-order valence-electron chi connectivity index (χ0n) is 8.57. The van der Waals surface area contributed by atoms with Crippen LogP contribution in [0.3, 0.4) is 0 Å². The van der Waals surface area contributed by atoms with E-state index < -0.39 is 12.0 Å². The number of fused-ring (bicyclic) bond motifs is 1. The molecule has 0 radical (unpaired) electrons. The summed E-state index contributed by atoms with van der Waals surface area (Å²) >= 11 is 7.52. The summed E-state index contributed by atoms with van der Waals surface area (Å²) in [4.78, 5) is 12.0. The fourth-order valence-electron chi connectivity index (χ4n) is 1.90. The first-order chi connectivity index (χ1) is 7.58. The second-order valence-electron chi connectivity index (χ2n) is 3.85. The molecule has 0 fully saturated rings. The topological polar surface area (TPSA) is 75.4 Å². The summed E-state index contributed by atoms with van der Waals surface area (Å²) in [6.07, 6.45) is 0.846. The van der Waals surface area contributed by atoms with E-state index in [9.17, 15) is 9.90 Å². The number of aryl methyl sites for hydroxylation is 1. The Morgan fingerprint density at radius 2 is 2.56 bits per heavy atom. The highest BCUT2D eigenvalue weighted by Crippen LogP contribution is 2.39. The Kier molecular flexibility index (Phi) is 3.49. The van der Waals surface area contributed by atoms with Gasteiger partial charge in [0.25, 0.3) is 0 Å². The van der Waals surface area contributed by atoms with Gasteiger partial charge >= 0.3 is 0 Å². The third-order valence-corrected chi connectivity index (χ3v) is 4.07. The second kappa shape index (κ2) is 4.71. The van der Waals surface area contributed by atoms with Crippen LogP contribution in [0.25, 0.3) is 0 Å². The van der Waals surface area contributed by atoms with Crippen LogP contribution < -0.4 is 11.1 Å². The van der Waals surface area contributed by atoms with E-state index in [1.54, 1.807) is 11.3 Å². The lowest BCUT2D eigenvalue weighted by atomic mass is 10.1. The molecular formula is C10H13ClN2O2S. The van der Waals surface area contributed by atoms with Crippen molar-refractivity contribution in [3.05, 3.63) is 20.8 Å². The lowest BCUT2D eigenvalue weighted by Gasteiger charge is -2.14. The number of rotatable bonds is 4. The molecule has 4 nitrogen and oxygen atoms in total. The van der Waals surface area contributed by atoms with Gasteiger partial charge in [-0.1, -0.05) is 11.6 Å². The molecular weight excluding hydrogens is 248 g/mol. The number of amides is 1. The van der Waals surface area contributed by atoms with Crippen molar-refractivity contribution in [1.29, 1.82) is 0 Å². The smallest absolute Gasteiger partial charge is 0.247 e. The number of hydrogen-bond acceptors (Lipinski definition) is 4. The van der Waals surface area contributed by atoms with E-state index in [-0.39, 0.29) is 12.6 Å². The van der Waals surface area contributed by atoms with E-state index in [0.29, 0.717) is 0 Å². The molecule has 88 valence electrons. The molecule has 1 heterocycles. The fourth-order valence-corrected chi connectivity index (χ4v) is 3.25. The molecule has 16 heavy (non-hydrogen) atoms. The van der Waals surface area contributed by atoms with Gasteiger partial charge in [0.15, 0.2) is 0 Å². The predicted octanol–water partition coefficient (Wildman–Crippen LogP) is 0.825. The summed E-state index contributed by atoms with van der Waals surface area (Å²) in [6, 6.07) is 2.12. The Morgan fingerprint density at radius 3 is 3.25 bits per heavy atom. The van der Waals surface area contributed by atoms with Crippen LogP contribution in [0, 0.1) is 0 Å². The van der Waals surface area contributed by atoms with Gasteiger partial charge in [-0.15, -0.1) is 11.3 Å². The summed E-state index contributed by atoms with van der Waals surface area (Å²) < 4.78 is 0.784. The number of aliphatic hydroxyl groups is 1. The van der Waals surface area contributed by atoms with Gasteiger partial charge < -0.3 is 16.2 Å². The van der Waals surface area contributed by atoms with Crippen molar-refractivity contribution < 1.29 is 9.90 Å². The molecule has 0 aliphatic heterocycles. The summed E-state index contributed by atoms with van der Waals surface area (Å²) in [7, 11) is 0. The number of carbonyl (C=O) groups excluding carboxylic acids is 1. The summed E-state index contributed by atoms with van der Waals surface area (Å²) in [6.45, 7) is 0.187. The van der Waals surface area contributed by atoms with Crippen LogP contribution in [-0.2, 0) is 11.2 Å². The number of hydrogen-bond donors (Lipinski definition) is 3. The highest BCUT2D eigenvalue weighted by Gasteiger charge is 2.25. The van der Waals surface area contributed by atoms with Crippen LogP contribution in [0.4, 0.5) is 0 Å². The van der Waals surface area contributed by atoms with Crippen molar-refractivity contribution in [2.24, 2.45) is 5.73 Å². The Hall–Kier alpha value is -0.620. The Labute approximate surface area is 102 Å². The first kappa shape index (κ1) is 11.9. The molecule has 1 aliphatic carbocycles. The number of carbonyl (C=O) groups is 1. The molecule has 1 aliphatic rings. The molecule has 1 amide bonds. The van der Waals surface area contributed by atoms with E-state index in [0.717, 1.165) is 17.2 Å². The highest BCUT2D eigenvalue weighted by atomic mass is 35.5. The maximum Gasteiger partial charge on any atom is 0.247 e. The summed E-state index contributed by atoms with van der Waals surface area (Å²) in [5.74, 6) is -0.700. The van der Waals surface area contributed by atoms with E-state index in [2.05, 4.69) is 5.32 Å². The minimum Gasteiger partial charge on any atom is -0.382 e. The van der Waals surface area contributed by atoms with Crippen molar-refractivity contribution in [2.45, 2.75) is 25.0 Å². The summed E-state index contributed by atoms with van der Waals surface area (Å²) in [5, 5.41) is 12.4. The van der Waals surface area contributed by atoms with Crippen molar-refractivity contribution >= 4 is 28.8 Å². The van der Waals surface area contributed by atoms with Gasteiger partial charge in [0.05, 0.1) is 4.34 Å². The molecule has 4 N–H and O–H groups in total. The van der Waals surface area contributed by atoms with Gasteiger partial charge in [-0.05, 0) is 24.5 Å². The van der Waals surface area contributed by atoms with E-state index >= 15 is 0 Å². The van der Waals surface area contributed by atoms with Crippen LogP contribution in [0.1, 0.15) is 22.9 Å². The first-order valence-electron chi connectivity index (χ1n) is 5.07. The number of primary amides is 1. The van der Waals surface area contributed by atoms with Crippen molar-refractivity contribution in [3.8, 4) is 0 Å². The molecule has 0 bridgehead atoms. The van der Waals surface area contributed by atoms with Gasteiger partial charge in [-0.3, -0.25) is 4.79 Å². The number of halogens is 1. The lowest BCUT2D eigenvalue weighted by molar-refractivity contribution is -0.125. The largest absolute Gasteiger partial charge is 0.382 e. The van der Waals surface area contributed by atoms with Crippen LogP contribution in [0.5, 0.6) is 0 Å². The predicted molar refractivity (Wildman–Crippen MR) is 63.6 cm³/mol. The number of nitrogens with two attached hydrogens (primary N) is 1. The number of thiophene rings is 1. The molecule has 2 rings (SSSR count). The van der Waals surface area contributed by atoms with E-state index in [1.807, 2.05) is 6.07 Å². The number of nitrogens with one attached hydrogen (secondary N) is 1. The van der Waals surface area contributed by atoms with Gasteiger partial charge in [0.2, 0.25) is 5.91 Å². The maximum atomic E-state index is 10.7. The van der Waals surface area contributed by atoms with Crippen LogP contribution in [-0.4, -0.2) is 23.7 Å². The zero-order chi connectivity index (χ0) is 11.7. The molecule has 6 heteroatoms. The van der Waals surface area contributed by atoms with E-state index in [4.69, 9.17) is 17.3 Å². The number of aliphatic hydroxyl groups excluding tert-OH is 1. The fraction of sp³-hybridized carbons (Fsp3) is 0.500. The lowest BCUT2D eigenvalue weighted by Crippen LogP contribution is -2.38. The normalized spacial score (nSPS) is 20.8. The molecule has 2 atom stereocenters. The standard InChI is InChI=1S/C10H13ClN2O2S/c11-9-3-5-6(1-2-8(5)16-9)13-4-7(14)10(12)15/h3,6-7,13-14H,1-2,4H2,(H2,12,15). The van der Waals surface area contributed by atoms with Crippen molar-refractivity contribution in [2.75, 3.05) is 6.54 Å². The van der Waals surface area contributed by atoms with Crippen molar-refractivity contribution in [3.63, 3.8) is 0 Å². The van der Waals surface area contributed by atoms with Crippen molar-refractivity contribution in [1.82, 2.24) is 5.32 Å². The highest BCUT2D eigenvalue weighted by molar-refractivity contribution is 7.16. The molecule has 0 saturated carbocycles.